The summed E-state index contributed by atoms with van der Waals surface area (Å²) in [6.45, 7) is 6.58. The van der Waals surface area contributed by atoms with Crippen molar-refractivity contribution >= 4 is 17.5 Å². The van der Waals surface area contributed by atoms with Crippen LogP contribution in [0.3, 0.4) is 0 Å². The Hall–Kier alpha value is -0.280. The average molecular weight is 261 g/mol. The summed E-state index contributed by atoms with van der Waals surface area (Å²) in [6, 6.07) is 0. The molecule has 1 saturated heterocycles. The van der Waals surface area contributed by atoms with E-state index in [1.807, 2.05) is 0 Å². The van der Waals surface area contributed by atoms with Gasteiger partial charge in [0, 0.05) is 25.4 Å². The fraction of sp³-hybridized carbons (Fsp3) is 0.923. The van der Waals surface area contributed by atoms with Crippen molar-refractivity contribution in [2.45, 2.75) is 39.0 Å². The van der Waals surface area contributed by atoms with Gasteiger partial charge in [-0.15, -0.1) is 11.6 Å². The molecule has 1 N–H and O–H groups in total. The summed E-state index contributed by atoms with van der Waals surface area (Å²) in [4.78, 5) is 14.0. The molecule has 1 rings (SSSR count). The predicted octanol–water partition coefficient (Wildman–Crippen LogP) is 2.24. The van der Waals surface area contributed by atoms with Gasteiger partial charge < -0.3 is 10.2 Å². The van der Waals surface area contributed by atoms with Crippen molar-refractivity contribution in [3.05, 3.63) is 0 Å². The smallest absolute Gasteiger partial charge is 0.220 e. The van der Waals surface area contributed by atoms with E-state index in [1.165, 1.54) is 25.9 Å². The van der Waals surface area contributed by atoms with Gasteiger partial charge in [-0.1, -0.05) is 6.92 Å². The van der Waals surface area contributed by atoms with Gasteiger partial charge >= 0.3 is 0 Å². The fourth-order valence-corrected chi connectivity index (χ4v) is 2.42. The first-order valence-electron chi connectivity index (χ1n) is 6.77. The van der Waals surface area contributed by atoms with Crippen molar-refractivity contribution < 1.29 is 4.79 Å². The van der Waals surface area contributed by atoms with Crippen LogP contribution in [0.4, 0.5) is 0 Å². The molecular weight excluding hydrogens is 236 g/mol. The van der Waals surface area contributed by atoms with Crippen molar-refractivity contribution in [1.82, 2.24) is 10.2 Å². The number of hydrogen-bond acceptors (Lipinski definition) is 2. The molecule has 1 aliphatic heterocycles. The number of halogens is 1. The number of carbonyl (C=O) groups excluding carboxylic acids is 1. The minimum absolute atomic E-state index is 0.170. The minimum atomic E-state index is 0.170. The molecule has 0 aromatic carbocycles. The molecule has 1 amide bonds. The molecule has 100 valence electrons. The lowest BCUT2D eigenvalue weighted by molar-refractivity contribution is -0.121. The second kappa shape index (κ2) is 8.76. The number of rotatable bonds is 8. The molecule has 0 saturated carbocycles. The molecule has 1 unspecified atom stereocenters. The molecule has 1 aliphatic rings. The highest BCUT2D eigenvalue weighted by molar-refractivity contribution is 6.17. The van der Waals surface area contributed by atoms with E-state index >= 15 is 0 Å². The lowest BCUT2D eigenvalue weighted by atomic mass is 10.1. The number of unbranched alkanes of at least 4 members (excludes halogenated alkanes) is 1. The van der Waals surface area contributed by atoms with E-state index < -0.39 is 0 Å². The topological polar surface area (TPSA) is 32.3 Å². The Labute approximate surface area is 110 Å². The minimum Gasteiger partial charge on any atom is -0.356 e. The maximum atomic E-state index is 11.5. The predicted molar refractivity (Wildman–Crippen MR) is 72.4 cm³/mol. The summed E-state index contributed by atoms with van der Waals surface area (Å²) in [6.07, 6.45) is 5.10. The standard InChI is InChI=1S/C13H25ClN2O/c1-12(11-16-8-4-5-9-16)10-15-13(17)6-2-3-7-14/h12H,2-11H2,1H3,(H,15,17). The Bertz CT molecular complexity index is 217. The van der Waals surface area contributed by atoms with E-state index in [4.69, 9.17) is 11.6 Å². The van der Waals surface area contributed by atoms with Crippen LogP contribution in [0.2, 0.25) is 0 Å². The monoisotopic (exact) mass is 260 g/mol. The highest BCUT2D eigenvalue weighted by Crippen LogP contribution is 2.09. The van der Waals surface area contributed by atoms with Gasteiger partial charge in [0.25, 0.3) is 0 Å². The van der Waals surface area contributed by atoms with Crippen molar-refractivity contribution in [3.63, 3.8) is 0 Å². The highest BCUT2D eigenvalue weighted by Gasteiger charge is 2.14. The summed E-state index contributed by atoms with van der Waals surface area (Å²) in [7, 11) is 0. The van der Waals surface area contributed by atoms with Gasteiger partial charge in [-0.2, -0.15) is 0 Å². The second-order valence-electron chi connectivity index (χ2n) is 5.06. The molecule has 0 bridgehead atoms. The fourth-order valence-electron chi connectivity index (χ4n) is 2.23. The van der Waals surface area contributed by atoms with E-state index in [2.05, 4.69) is 17.1 Å². The van der Waals surface area contributed by atoms with Crippen molar-refractivity contribution in [3.8, 4) is 0 Å². The summed E-state index contributed by atoms with van der Waals surface area (Å²) >= 11 is 5.57. The third-order valence-electron chi connectivity index (χ3n) is 3.20. The maximum absolute atomic E-state index is 11.5. The van der Waals surface area contributed by atoms with Crippen LogP contribution in [0, 0.1) is 5.92 Å². The average Bonchev–Trinajstić information content (AvgIpc) is 2.79. The van der Waals surface area contributed by atoms with Crippen LogP contribution in [-0.2, 0) is 4.79 Å². The highest BCUT2D eigenvalue weighted by atomic mass is 35.5. The van der Waals surface area contributed by atoms with E-state index in [1.54, 1.807) is 0 Å². The summed E-state index contributed by atoms with van der Waals surface area (Å²) in [5.74, 6) is 1.37. The van der Waals surface area contributed by atoms with Gasteiger partial charge in [0.05, 0.1) is 0 Å². The van der Waals surface area contributed by atoms with Crippen LogP contribution in [0.15, 0.2) is 0 Å². The van der Waals surface area contributed by atoms with Crippen LogP contribution in [0.25, 0.3) is 0 Å². The van der Waals surface area contributed by atoms with Crippen molar-refractivity contribution in [1.29, 1.82) is 0 Å². The zero-order valence-electron chi connectivity index (χ0n) is 10.9. The maximum Gasteiger partial charge on any atom is 0.220 e. The van der Waals surface area contributed by atoms with Crippen LogP contribution >= 0.6 is 11.6 Å². The van der Waals surface area contributed by atoms with E-state index in [0.29, 0.717) is 18.2 Å². The normalized spacial score (nSPS) is 18.2. The molecule has 0 radical (unpaired) electrons. The van der Waals surface area contributed by atoms with E-state index in [-0.39, 0.29) is 5.91 Å². The van der Waals surface area contributed by atoms with E-state index in [0.717, 1.165) is 25.9 Å². The van der Waals surface area contributed by atoms with Crippen molar-refractivity contribution in [2.24, 2.45) is 5.92 Å². The number of nitrogens with zero attached hydrogens (tertiary/aromatic N) is 1. The van der Waals surface area contributed by atoms with Crippen LogP contribution < -0.4 is 5.32 Å². The third kappa shape index (κ3) is 6.89. The lowest BCUT2D eigenvalue weighted by Gasteiger charge is -2.20. The Morgan fingerprint density at radius 1 is 1.35 bits per heavy atom. The molecule has 0 aromatic rings. The zero-order valence-corrected chi connectivity index (χ0v) is 11.6. The Kier molecular flexibility index (Phi) is 7.62. The number of amides is 1. The molecule has 0 aliphatic carbocycles. The third-order valence-corrected chi connectivity index (χ3v) is 3.47. The van der Waals surface area contributed by atoms with Gasteiger partial charge in [0.15, 0.2) is 0 Å². The molecule has 0 spiro atoms. The van der Waals surface area contributed by atoms with Crippen LogP contribution in [0.1, 0.15) is 39.0 Å². The first kappa shape index (κ1) is 14.8. The number of nitrogens with one attached hydrogen (secondary N) is 1. The lowest BCUT2D eigenvalue weighted by Crippen LogP contribution is -2.34. The van der Waals surface area contributed by atoms with Crippen molar-refractivity contribution in [2.75, 3.05) is 32.1 Å². The molecule has 3 nitrogen and oxygen atoms in total. The summed E-state index contributed by atoms with van der Waals surface area (Å²) < 4.78 is 0. The van der Waals surface area contributed by atoms with Gasteiger partial charge in [-0.05, 0) is 44.7 Å². The van der Waals surface area contributed by atoms with Crippen LogP contribution in [0.5, 0.6) is 0 Å². The van der Waals surface area contributed by atoms with Gasteiger partial charge in [-0.3, -0.25) is 4.79 Å². The quantitative estimate of drug-likeness (QED) is 0.536. The van der Waals surface area contributed by atoms with Gasteiger partial charge in [-0.25, -0.2) is 0 Å². The molecule has 1 fully saturated rings. The second-order valence-corrected chi connectivity index (χ2v) is 5.44. The molecular formula is C13H25ClN2O. The molecule has 0 aromatic heterocycles. The molecule has 4 heteroatoms. The first-order chi connectivity index (χ1) is 8.22. The Morgan fingerprint density at radius 3 is 2.71 bits per heavy atom. The number of carbonyl (C=O) groups is 1. The SMILES string of the molecule is CC(CNC(=O)CCCCCl)CN1CCCC1. The molecule has 1 heterocycles. The first-order valence-corrected chi connectivity index (χ1v) is 7.31. The number of alkyl halides is 1. The summed E-state index contributed by atoms with van der Waals surface area (Å²) in [5.41, 5.74) is 0. The molecule has 17 heavy (non-hydrogen) atoms. The largest absolute Gasteiger partial charge is 0.356 e. The van der Waals surface area contributed by atoms with Gasteiger partial charge in [0.1, 0.15) is 0 Å². The zero-order chi connectivity index (χ0) is 12.5. The Morgan fingerprint density at radius 2 is 2.06 bits per heavy atom. The number of hydrogen-bond donors (Lipinski definition) is 1. The van der Waals surface area contributed by atoms with Gasteiger partial charge in [0.2, 0.25) is 5.91 Å². The van der Waals surface area contributed by atoms with Crippen LogP contribution in [-0.4, -0.2) is 42.9 Å². The summed E-state index contributed by atoms with van der Waals surface area (Å²) in [5, 5.41) is 3.01. The van der Waals surface area contributed by atoms with E-state index in [9.17, 15) is 4.79 Å². The Balaban J connectivity index is 2.01. The number of likely N-dealkylation sites (tertiary alicyclic amines) is 1. The molecule has 1 atom stereocenters.